The maximum atomic E-state index is 12.8. The highest BCUT2D eigenvalue weighted by Crippen LogP contribution is 2.33. The summed E-state index contributed by atoms with van der Waals surface area (Å²) in [7, 11) is 1.34. The van der Waals surface area contributed by atoms with Gasteiger partial charge < -0.3 is 15.4 Å². The maximum absolute atomic E-state index is 12.8. The number of urea groups is 1. The third kappa shape index (κ3) is 5.27. The lowest BCUT2D eigenvalue weighted by Crippen LogP contribution is -2.48. The van der Waals surface area contributed by atoms with Crippen molar-refractivity contribution in [3.63, 3.8) is 0 Å². The van der Waals surface area contributed by atoms with E-state index in [9.17, 15) is 14.4 Å². The third-order valence-electron chi connectivity index (χ3n) is 6.20. The lowest BCUT2D eigenvalue weighted by atomic mass is 9.88. The van der Waals surface area contributed by atoms with Crippen LogP contribution in [0.2, 0.25) is 0 Å². The van der Waals surface area contributed by atoms with E-state index >= 15 is 0 Å². The first-order valence-electron chi connectivity index (χ1n) is 11.2. The van der Waals surface area contributed by atoms with Crippen LogP contribution in [0.5, 0.6) is 0 Å². The van der Waals surface area contributed by atoms with Gasteiger partial charge >= 0.3 is 12.0 Å². The van der Waals surface area contributed by atoms with Gasteiger partial charge in [0.05, 0.1) is 18.7 Å². The molecule has 1 heterocycles. The Kier molecular flexibility index (Phi) is 7.71. The van der Waals surface area contributed by atoms with Crippen LogP contribution in [0.3, 0.4) is 0 Å². The highest BCUT2D eigenvalue weighted by Gasteiger charge is 2.36. The second kappa shape index (κ2) is 10.5. The number of ether oxygens (including phenoxy) is 1. The van der Waals surface area contributed by atoms with Crippen molar-refractivity contribution in [3.05, 3.63) is 41.1 Å². The molecule has 1 saturated carbocycles. The molecule has 7 heteroatoms. The Morgan fingerprint density at radius 2 is 1.97 bits per heavy atom. The topological polar surface area (TPSA) is 87.7 Å². The van der Waals surface area contributed by atoms with Gasteiger partial charge in [-0.15, -0.1) is 0 Å². The Morgan fingerprint density at radius 1 is 1.23 bits per heavy atom. The third-order valence-corrected chi connectivity index (χ3v) is 6.20. The SMILES string of the molecule is CCCCN1C(=O)N[C@@H](c2cccc(NC(=O)C3CCCCC3)c2)C(C(=O)OC)=C1C. The molecule has 7 nitrogen and oxygen atoms in total. The minimum Gasteiger partial charge on any atom is -0.466 e. The molecule has 3 amide bonds. The first kappa shape index (κ1) is 22.8. The molecule has 0 bridgehead atoms. The van der Waals surface area contributed by atoms with Crippen LogP contribution in [0.1, 0.15) is 70.4 Å². The summed E-state index contributed by atoms with van der Waals surface area (Å²) < 4.78 is 5.03. The number of hydrogen-bond donors (Lipinski definition) is 2. The zero-order valence-electron chi connectivity index (χ0n) is 18.7. The van der Waals surface area contributed by atoms with Crippen molar-refractivity contribution in [2.75, 3.05) is 19.0 Å². The summed E-state index contributed by atoms with van der Waals surface area (Å²) >= 11 is 0. The summed E-state index contributed by atoms with van der Waals surface area (Å²) in [4.78, 5) is 39.7. The van der Waals surface area contributed by atoms with E-state index in [2.05, 4.69) is 17.6 Å². The Morgan fingerprint density at radius 3 is 2.65 bits per heavy atom. The van der Waals surface area contributed by atoms with Crippen LogP contribution in [-0.2, 0) is 14.3 Å². The second-order valence-corrected chi connectivity index (χ2v) is 8.33. The number of rotatable bonds is 7. The number of hydrogen-bond acceptors (Lipinski definition) is 4. The van der Waals surface area contributed by atoms with E-state index in [0.717, 1.165) is 44.1 Å². The molecule has 0 radical (unpaired) electrons. The average molecular weight is 428 g/mol. The molecule has 2 N–H and O–H groups in total. The maximum Gasteiger partial charge on any atom is 0.337 e. The summed E-state index contributed by atoms with van der Waals surface area (Å²) in [6, 6.07) is 6.45. The van der Waals surface area contributed by atoms with Gasteiger partial charge in [-0.3, -0.25) is 9.69 Å². The number of nitrogens with zero attached hydrogens (tertiary/aromatic N) is 1. The molecular formula is C24H33N3O4. The first-order valence-corrected chi connectivity index (χ1v) is 11.2. The van der Waals surface area contributed by atoms with Crippen molar-refractivity contribution >= 4 is 23.6 Å². The Hall–Kier alpha value is -2.83. The number of anilines is 1. The van der Waals surface area contributed by atoms with Gasteiger partial charge in [0, 0.05) is 23.8 Å². The fourth-order valence-corrected chi connectivity index (χ4v) is 4.40. The van der Waals surface area contributed by atoms with Crippen molar-refractivity contribution < 1.29 is 19.1 Å². The van der Waals surface area contributed by atoms with E-state index in [1.54, 1.807) is 11.8 Å². The van der Waals surface area contributed by atoms with E-state index in [1.807, 2.05) is 24.3 Å². The highest BCUT2D eigenvalue weighted by molar-refractivity contribution is 5.95. The lowest BCUT2D eigenvalue weighted by molar-refractivity contribution is -0.136. The minimum atomic E-state index is -0.635. The Bertz CT molecular complexity index is 858. The molecule has 0 aromatic heterocycles. The molecule has 1 fully saturated rings. The van der Waals surface area contributed by atoms with Gasteiger partial charge in [-0.05, 0) is 43.9 Å². The summed E-state index contributed by atoms with van der Waals surface area (Å²) in [6.07, 6.45) is 7.00. The van der Waals surface area contributed by atoms with E-state index in [0.29, 0.717) is 23.5 Å². The molecule has 0 spiro atoms. The number of benzene rings is 1. The van der Waals surface area contributed by atoms with Crippen molar-refractivity contribution in [1.82, 2.24) is 10.2 Å². The zero-order chi connectivity index (χ0) is 22.4. The average Bonchev–Trinajstić information content (AvgIpc) is 2.79. The van der Waals surface area contributed by atoms with Crippen molar-refractivity contribution in [1.29, 1.82) is 0 Å². The fourth-order valence-electron chi connectivity index (χ4n) is 4.40. The standard InChI is InChI=1S/C24H33N3O4/c1-4-5-14-27-16(2)20(23(29)31-3)21(26-24(27)30)18-12-9-13-19(15-18)25-22(28)17-10-7-6-8-11-17/h9,12-13,15,17,21H,4-8,10-11,14H2,1-3H3,(H,25,28)(H,26,30)/t21-/m0/s1. The normalized spacial score (nSPS) is 19.8. The number of unbranched alkanes of at least 4 members (excludes halogenated alkanes) is 1. The summed E-state index contributed by atoms with van der Waals surface area (Å²) in [5.41, 5.74) is 2.40. The number of nitrogens with one attached hydrogen (secondary N) is 2. The van der Waals surface area contributed by atoms with Crippen LogP contribution in [0.25, 0.3) is 0 Å². The first-order chi connectivity index (χ1) is 15.0. The van der Waals surface area contributed by atoms with Crippen LogP contribution < -0.4 is 10.6 Å². The molecule has 1 aromatic rings. The second-order valence-electron chi connectivity index (χ2n) is 8.33. The molecule has 1 atom stereocenters. The molecule has 0 saturated heterocycles. The zero-order valence-corrected chi connectivity index (χ0v) is 18.7. The predicted octanol–water partition coefficient (Wildman–Crippen LogP) is 4.52. The quantitative estimate of drug-likeness (QED) is 0.627. The van der Waals surface area contributed by atoms with Crippen molar-refractivity contribution in [3.8, 4) is 0 Å². The molecular weight excluding hydrogens is 394 g/mol. The fraction of sp³-hybridized carbons (Fsp3) is 0.542. The monoisotopic (exact) mass is 427 g/mol. The summed E-state index contributed by atoms with van der Waals surface area (Å²) in [6.45, 7) is 4.37. The molecule has 1 aromatic carbocycles. The molecule has 3 rings (SSSR count). The van der Waals surface area contributed by atoms with Gasteiger partial charge in [-0.25, -0.2) is 9.59 Å². The number of carbonyl (C=O) groups excluding carboxylic acids is 3. The smallest absolute Gasteiger partial charge is 0.337 e. The number of esters is 1. The van der Waals surface area contributed by atoms with Crippen molar-refractivity contribution in [2.45, 2.75) is 64.8 Å². The molecule has 168 valence electrons. The molecule has 2 aliphatic rings. The largest absolute Gasteiger partial charge is 0.466 e. The van der Waals surface area contributed by atoms with Crippen LogP contribution in [-0.4, -0.2) is 36.5 Å². The van der Waals surface area contributed by atoms with Gasteiger partial charge in [0.25, 0.3) is 0 Å². The number of methoxy groups -OCH3 is 1. The Balaban J connectivity index is 1.87. The molecule has 1 aliphatic carbocycles. The van der Waals surface area contributed by atoms with Gasteiger partial charge in [0.1, 0.15) is 0 Å². The van der Waals surface area contributed by atoms with Gasteiger partial charge in [-0.1, -0.05) is 44.7 Å². The van der Waals surface area contributed by atoms with E-state index < -0.39 is 12.0 Å². The highest BCUT2D eigenvalue weighted by atomic mass is 16.5. The molecule has 0 unspecified atom stereocenters. The van der Waals surface area contributed by atoms with E-state index in [-0.39, 0.29) is 17.9 Å². The van der Waals surface area contributed by atoms with Crippen LogP contribution >= 0.6 is 0 Å². The van der Waals surface area contributed by atoms with Crippen LogP contribution in [0.4, 0.5) is 10.5 Å². The van der Waals surface area contributed by atoms with Gasteiger partial charge in [0.15, 0.2) is 0 Å². The summed E-state index contributed by atoms with van der Waals surface area (Å²) in [5.74, 6) is -0.387. The van der Waals surface area contributed by atoms with Gasteiger partial charge in [0.2, 0.25) is 5.91 Å². The van der Waals surface area contributed by atoms with E-state index in [4.69, 9.17) is 4.74 Å². The van der Waals surface area contributed by atoms with Gasteiger partial charge in [-0.2, -0.15) is 0 Å². The van der Waals surface area contributed by atoms with E-state index in [1.165, 1.54) is 13.5 Å². The number of allylic oxidation sites excluding steroid dienone is 1. The lowest BCUT2D eigenvalue weighted by Gasteiger charge is -2.35. The predicted molar refractivity (Wildman–Crippen MR) is 119 cm³/mol. The summed E-state index contributed by atoms with van der Waals surface area (Å²) in [5, 5.41) is 5.96. The van der Waals surface area contributed by atoms with Crippen LogP contribution in [0.15, 0.2) is 35.5 Å². The molecule has 1 aliphatic heterocycles. The number of amides is 3. The minimum absolute atomic E-state index is 0.0372. The van der Waals surface area contributed by atoms with Crippen LogP contribution in [0, 0.1) is 5.92 Å². The van der Waals surface area contributed by atoms with Crippen molar-refractivity contribution in [2.24, 2.45) is 5.92 Å². The Labute approximate surface area is 184 Å². The number of carbonyl (C=O) groups is 3. The molecule has 31 heavy (non-hydrogen) atoms.